The molecule has 15 heteroatoms. The van der Waals surface area contributed by atoms with Crippen LogP contribution in [0, 0.1) is 11.6 Å². The number of benzene rings is 1. The quantitative estimate of drug-likeness (QED) is 0.472. The molecule has 2 aromatic heterocycles. The summed E-state index contributed by atoms with van der Waals surface area (Å²) in [6.45, 7) is -0.618. The van der Waals surface area contributed by atoms with Crippen LogP contribution in [-0.2, 0) is 0 Å². The molecule has 0 radical (unpaired) electrons. The Kier molecular flexibility index (Phi) is 6.62. The van der Waals surface area contributed by atoms with Crippen LogP contribution in [0.1, 0.15) is 23.7 Å². The van der Waals surface area contributed by atoms with Gasteiger partial charge < -0.3 is 15.3 Å². The fraction of sp³-hybridized carbons (Fsp3) is 0.348. The Labute approximate surface area is 208 Å². The van der Waals surface area contributed by atoms with Crippen LogP contribution in [0.25, 0.3) is 16.7 Å². The first-order valence-electron chi connectivity index (χ1n) is 11.0. The Morgan fingerprint density at radius 1 is 1.13 bits per heavy atom. The molecule has 1 amide bonds. The maximum atomic E-state index is 14.7. The Balaban J connectivity index is 1.86. The van der Waals surface area contributed by atoms with Crippen molar-refractivity contribution in [2.75, 3.05) is 18.0 Å². The number of hydrogen-bond acceptors (Lipinski definition) is 5. The molecule has 1 aliphatic heterocycles. The molecule has 0 spiro atoms. The number of fused-ring (bicyclic) bond motifs is 1. The predicted molar refractivity (Wildman–Crippen MR) is 118 cm³/mol. The first-order chi connectivity index (χ1) is 17.6. The van der Waals surface area contributed by atoms with Crippen molar-refractivity contribution in [2.24, 2.45) is 0 Å². The number of rotatable bonds is 5. The van der Waals surface area contributed by atoms with E-state index in [4.69, 9.17) is 0 Å². The van der Waals surface area contributed by atoms with Crippen molar-refractivity contribution in [3.8, 4) is 5.69 Å². The number of carbonyl (C=O) groups excluding carboxylic acids is 1. The van der Waals surface area contributed by atoms with Crippen LogP contribution < -0.4 is 15.6 Å². The van der Waals surface area contributed by atoms with Crippen LogP contribution in [0.4, 0.5) is 40.9 Å². The van der Waals surface area contributed by atoms with Gasteiger partial charge in [0, 0.05) is 12.3 Å². The minimum Gasteiger partial charge on any atom is -0.378 e. The summed E-state index contributed by atoms with van der Waals surface area (Å²) in [5.74, 6) is -3.74. The normalized spacial score (nSPS) is 16.3. The third-order valence-electron chi connectivity index (χ3n) is 6.12. The van der Waals surface area contributed by atoms with Gasteiger partial charge in [-0.15, -0.1) is 0 Å². The van der Waals surface area contributed by atoms with Gasteiger partial charge in [0.05, 0.1) is 24.2 Å². The van der Waals surface area contributed by atoms with Gasteiger partial charge in [-0.1, -0.05) is 6.92 Å². The van der Waals surface area contributed by atoms with Gasteiger partial charge >= 0.3 is 12.4 Å². The maximum absolute atomic E-state index is 14.7. The van der Waals surface area contributed by atoms with Crippen molar-refractivity contribution in [1.82, 2.24) is 14.9 Å². The zero-order valence-electron chi connectivity index (χ0n) is 19.3. The largest absolute Gasteiger partial charge is 0.420 e. The molecule has 2 N–H and O–H groups in total. The van der Waals surface area contributed by atoms with E-state index < -0.39 is 77.7 Å². The van der Waals surface area contributed by atoms with E-state index in [9.17, 15) is 49.8 Å². The topological polar surface area (TPSA) is 87.5 Å². The van der Waals surface area contributed by atoms with E-state index in [1.54, 1.807) is 5.32 Å². The van der Waals surface area contributed by atoms with Gasteiger partial charge in [0.1, 0.15) is 29.1 Å². The lowest BCUT2D eigenvalue weighted by molar-refractivity contribution is -0.267. The number of β-amino-alcohol motifs (C(OH)–C–C–N with tert-alkyl or cyclic N) is 1. The number of aromatic nitrogens is 2. The highest BCUT2D eigenvalue weighted by Gasteiger charge is 2.61. The second-order valence-electron chi connectivity index (χ2n) is 8.74. The molecule has 204 valence electrons. The first-order valence-corrected chi connectivity index (χ1v) is 11.0. The third-order valence-corrected chi connectivity index (χ3v) is 6.12. The van der Waals surface area contributed by atoms with Gasteiger partial charge in [-0.3, -0.25) is 14.2 Å². The van der Waals surface area contributed by atoms with Crippen molar-refractivity contribution in [3.63, 3.8) is 0 Å². The minimum atomic E-state index is -4.92. The standard InChI is InChI=1S/C23H18F8N4O3/c1-2-16(22(26,27)28)32-20(37)13-8-35(15-5-3-11(24)7-14(15)25)19-12(18(13)36)4-6-17(33-19)34-9-21(38,10-34)23(29,30)31/h3-8,16,38H,2,9-10H2,1H3,(H,32,37)/t16-/m1/s1. The molecule has 1 aromatic carbocycles. The number of amides is 1. The van der Waals surface area contributed by atoms with E-state index in [1.165, 1.54) is 0 Å². The number of halogens is 8. The van der Waals surface area contributed by atoms with Gasteiger partial charge in [0.25, 0.3) is 5.91 Å². The molecule has 0 saturated carbocycles. The second-order valence-corrected chi connectivity index (χ2v) is 8.74. The summed E-state index contributed by atoms with van der Waals surface area (Å²) in [4.78, 5) is 30.9. The van der Waals surface area contributed by atoms with Gasteiger partial charge in [0.15, 0.2) is 11.2 Å². The van der Waals surface area contributed by atoms with Crippen LogP contribution in [0.5, 0.6) is 0 Å². The summed E-state index contributed by atoms with van der Waals surface area (Å²) >= 11 is 0. The highest BCUT2D eigenvalue weighted by Crippen LogP contribution is 2.39. The molecule has 38 heavy (non-hydrogen) atoms. The van der Waals surface area contributed by atoms with Crippen LogP contribution >= 0.6 is 0 Å². The van der Waals surface area contributed by atoms with Gasteiger partial charge in [-0.05, 0) is 30.7 Å². The van der Waals surface area contributed by atoms with Crippen molar-refractivity contribution < 1.29 is 45.0 Å². The maximum Gasteiger partial charge on any atom is 0.420 e. The highest BCUT2D eigenvalue weighted by atomic mass is 19.4. The summed E-state index contributed by atoms with van der Waals surface area (Å²) in [6.07, 6.45) is -9.57. The second kappa shape index (κ2) is 9.22. The SMILES string of the molecule is CC[C@@H](NC(=O)c1cn(-c2ccc(F)cc2F)c2nc(N3CC(O)(C(F)(F)F)C3)ccc2c1=O)C(F)(F)F. The number of carbonyl (C=O) groups is 1. The molecule has 7 nitrogen and oxygen atoms in total. The fourth-order valence-electron chi connectivity index (χ4n) is 3.97. The van der Waals surface area contributed by atoms with Crippen molar-refractivity contribution in [3.05, 3.63) is 63.9 Å². The zero-order chi connectivity index (χ0) is 28.2. The summed E-state index contributed by atoms with van der Waals surface area (Å²) in [5, 5.41) is 11.0. The first kappa shape index (κ1) is 27.3. The average molecular weight is 550 g/mol. The lowest BCUT2D eigenvalue weighted by Gasteiger charge is -2.47. The molecular weight excluding hydrogens is 532 g/mol. The average Bonchev–Trinajstić information content (AvgIpc) is 2.79. The van der Waals surface area contributed by atoms with E-state index in [0.29, 0.717) is 6.07 Å². The van der Waals surface area contributed by atoms with Crippen molar-refractivity contribution in [1.29, 1.82) is 0 Å². The molecule has 1 saturated heterocycles. The minimum absolute atomic E-state index is 0.151. The number of pyridine rings is 2. The molecular formula is C23H18F8N4O3. The zero-order valence-corrected chi connectivity index (χ0v) is 19.3. The monoisotopic (exact) mass is 550 g/mol. The van der Waals surface area contributed by atoms with Crippen LogP contribution in [0.2, 0.25) is 0 Å². The molecule has 0 aliphatic carbocycles. The Bertz CT molecular complexity index is 1460. The number of nitrogens with one attached hydrogen (secondary N) is 1. The Hall–Kier alpha value is -3.75. The number of anilines is 1. The molecule has 1 atom stereocenters. The van der Waals surface area contributed by atoms with Crippen LogP contribution in [0.15, 0.2) is 41.3 Å². The number of aliphatic hydroxyl groups is 1. The lowest BCUT2D eigenvalue weighted by atomic mass is 9.93. The van der Waals surface area contributed by atoms with Crippen molar-refractivity contribution in [2.45, 2.75) is 37.3 Å². The third kappa shape index (κ3) is 4.77. The Morgan fingerprint density at radius 3 is 2.34 bits per heavy atom. The van der Waals surface area contributed by atoms with Gasteiger partial charge in [-0.2, -0.15) is 26.3 Å². The van der Waals surface area contributed by atoms with Crippen molar-refractivity contribution >= 4 is 22.8 Å². The van der Waals surface area contributed by atoms with Crippen LogP contribution in [-0.4, -0.2) is 57.6 Å². The van der Waals surface area contributed by atoms with E-state index in [-0.39, 0.29) is 16.9 Å². The van der Waals surface area contributed by atoms with E-state index in [2.05, 4.69) is 4.98 Å². The lowest BCUT2D eigenvalue weighted by Crippen LogP contribution is -2.69. The molecule has 3 aromatic rings. The van der Waals surface area contributed by atoms with Crippen LogP contribution in [0.3, 0.4) is 0 Å². The fourth-order valence-corrected chi connectivity index (χ4v) is 3.97. The summed E-state index contributed by atoms with van der Waals surface area (Å²) < 4.78 is 108. The van der Waals surface area contributed by atoms with E-state index in [1.807, 2.05) is 0 Å². The van der Waals surface area contributed by atoms with Gasteiger partial charge in [0.2, 0.25) is 5.43 Å². The van der Waals surface area contributed by atoms with E-state index >= 15 is 0 Å². The molecule has 0 unspecified atom stereocenters. The molecule has 1 aliphatic rings. The smallest absolute Gasteiger partial charge is 0.378 e. The van der Waals surface area contributed by atoms with E-state index in [0.717, 1.165) is 46.9 Å². The van der Waals surface area contributed by atoms with Gasteiger partial charge in [-0.25, -0.2) is 13.8 Å². The molecule has 4 rings (SSSR count). The molecule has 1 fully saturated rings. The predicted octanol–water partition coefficient (Wildman–Crippen LogP) is 3.85. The highest BCUT2D eigenvalue weighted by molar-refractivity contribution is 5.97. The summed E-state index contributed by atoms with van der Waals surface area (Å²) in [7, 11) is 0. The summed E-state index contributed by atoms with van der Waals surface area (Å²) in [5.41, 5.74) is -5.72. The number of hydrogen-bond donors (Lipinski definition) is 2. The molecule has 0 bridgehead atoms. The Morgan fingerprint density at radius 2 is 1.79 bits per heavy atom. The number of nitrogens with zero attached hydrogens (tertiary/aromatic N) is 3. The summed E-state index contributed by atoms with van der Waals surface area (Å²) in [6, 6.07) is 2.10. The number of alkyl halides is 6. The molecule has 3 heterocycles.